The van der Waals surface area contributed by atoms with Gasteiger partial charge in [0.05, 0.1) is 7.11 Å². The predicted molar refractivity (Wildman–Crippen MR) is 80.4 cm³/mol. The molecule has 0 unspecified atom stereocenters. The third kappa shape index (κ3) is 3.63. The van der Waals surface area contributed by atoms with Crippen molar-refractivity contribution in [2.75, 3.05) is 19.4 Å². The van der Waals surface area contributed by atoms with Gasteiger partial charge in [-0.05, 0) is 37.6 Å². The molecule has 106 valence electrons. The minimum Gasteiger partial charge on any atom is -0.496 e. The van der Waals surface area contributed by atoms with Gasteiger partial charge >= 0.3 is 0 Å². The molecule has 1 saturated carbocycles. The van der Waals surface area contributed by atoms with Gasteiger partial charge in [0, 0.05) is 23.8 Å². The van der Waals surface area contributed by atoms with Crippen LogP contribution in [0, 0.1) is 0 Å². The number of nitrogen functional groups attached to an aromatic ring is 1. The Bertz CT molecular complexity index is 400. The second-order valence-corrected chi connectivity index (χ2v) is 5.43. The van der Waals surface area contributed by atoms with Gasteiger partial charge in [0.2, 0.25) is 0 Å². The summed E-state index contributed by atoms with van der Waals surface area (Å²) in [7, 11) is 1.73. The molecule has 1 aliphatic carbocycles. The maximum Gasteiger partial charge on any atom is 0.123 e. The van der Waals surface area contributed by atoms with Crippen molar-refractivity contribution >= 4 is 5.69 Å². The summed E-state index contributed by atoms with van der Waals surface area (Å²) in [6.07, 6.45) is 6.80. The second-order valence-electron chi connectivity index (χ2n) is 5.43. The highest BCUT2D eigenvalue weighted by Gasteiger charge is 2.20. The fourth-order valence-corrected chi connectivity index (χ4v) is 3.09. The van der Waals surface area contributed by atoms with E-state index in [2.05, 4.69) is 11.8 Å². The van der Waals surface area contributed by atoms with Crippen LogP contribution in [-0.2, 0) is 6.54 Å². The van der Waals surface area contributed by atoms with E-state index in [0.717, 1.165) is 30.6 Å². The van der Waals surface area contributed by atoms with Crippen molar-refractivity contribution in [3.63, 3.8) is 0 Å². The zero-order valence-corrected chi connectivity index (χ0v) is 12.2. The predicted octanol–water partition coefficient (Wildman–Crippen LogP) is 3.43. The number of nitrogens with two attached hydrogens (primary N) is 1. The van der Waals surface area contributed by atoms with Crippen LogP contribution in [-0.4, -0.2) is 24.6 Å². The molecule has 2 N–H and O–H groups in total. The van der Waals surface area contributed by atoms with E-state index in [1.807, 2.05) is 18.2 Å². The third-order valence-corrected chi connectivity index (χ3v) is 4.18. The molecule has 1 aromatic carbocycles. The Labute approximate surface area is 116 Å². The first-order valence-corrected chi connectivity index (χ1v) is 7.41. The van der Waals surface area contributed by atoms with Gasteiger partial charge in [-0.2, -0.15) is 0 Å². The van der Waals surface area contributed by atoms with E-state index in [1.165, 1.54) is 37.7 Å². The van der Waals surface area contributed by atoms with Crippen molar-refractivity contribution in [3.05, 3.63) is 23.8 Å². The van der Waals surface area contributed by atoms with E-state index in [9.17, 15) is 0 Å². The normalized spacial score (nSPS) is 16.8. The summed E-state index contributed by atoms with van der Waals surface area (Å²) >= 11 is 0. The van der Waals surface area contributed by atoms with Crippen LogP contribution in [0.1, 0.15) is 44.6 Å². The molecule has 0 bridgehead atoms. The summed E-state index contributed by atoms with van der Waals surface area (Å²) in [5.41, 5.74) is 7.92. The van der Waals surface area contributed by atoms with Crippen LogP contribution >= 0.6 is 0 Å². The molecule has 0 aromatic heterocycles. The molecule has 0 heterocycles. The quantitative estimate of drug-likeness (QED) is 0.826. The summed E-state index contributed by atoms with van der Waals surface area (Å²) in [6, 6.07) is 6.65. The SMILES string of the molecule is CCN(Cc1cc(N)ccc1OC)C1CCCCC1. The van der Waals surface area contributed by atoms with Gasteiger partial charge < -0.3 is 10.5 Å². The molecule has 3 heteroatoms. The molecule has 0 amide bonds. The number of methoxy groups -OCH3 is 1. The lowest BCUT2D eigenvalue weighted by Gasteiger charge is -2.33. The van der Waals surface area contributed by atoms with E-state index >= 15 is 0 Å². The van der Waals surface area contributed by atoms with Gasteiger partial charge in [0.25, 0.3) is 0 Å². The maximum absolute atomic E-state index is 5.90. The molecule has 2 rings (SSSR count). The molecule has 0 saturated heterocycles. The average molecular weight is 262 g/mol. The number of hydrogen-bond acceptors (Lipinski definition) is 3. The van der Waals surface area contributed by atoms with Crippen LogP contribution in [0.2, 0.25) is 0 Å². The van der Waals surface area contributed by atoms with E-state index < -0.39 is 0 Å². The summed E-state index contributed by atoms with van der Waals surface area (Å²) in [4.78, 5) is 2.57. The molecule has 0 spiro atoms. The largest absolute Gasteiger partial charge is 0.496 e. The van der Waals surface area contributed by atoms with Crippen LogP contribution in [0.25, 0.3) is 0 Å². The van der Waals surface area contributed by atoms with Gasteiger partial charge in [-0.25, -0.2) is 0 Å². The van der Waals surface area contributed by atoms with Gasteiger partial charge in [0.15, 0.2) is 0 Å². The van der Waals surface area contributed by atoms with Crippen molar-refractivity contribution in [3.8, 4) is 5.75 Å². The molecule has 19 heavy (non-hydrogen) atoms. The zero-order chi connectivity index (χ0) is 13.7. The number of rotatable bonds is 5. The molecule has 3 nitrogen and oxygen atoms in total. The maximum atomic E-state index is 5.90. The molecular weight excluding hydrogens is 236 g/mol. The number of ether oxygens (including phenoxy) is 1. The summed E-state index contributed by atoms with van der Waals surface area (Å²) < 4.78 is 5.45. The highest BCUT2D eigenvalue weighted by molar-refractivity contribution is 5.47. The molecule has 1 aromatic rings. The van der Waals surface area contributed by atoms with E-state index in [4.69, 9.17) is 10.5 Å². The zero-order valence-electron chi connectivity index (χ0n) is 12.2. The summed E-state index contributed by atoms with van der Waals surface area (Å²) in [6.45, 7) is 4.27. The first kappa shape index (κ1) is 14.2. The van der Waals surface area contributed by atoms with Gasteiger partial charge in [-0.3, -0.25) is 4.90 Å². The van der Waals surface area contributed by atoms with Crippen LogP contribution in [0.5, 0.6) is 5.75 Å². The monoisotopic (exact) mass is 262 g/mol. The van der Waals surface area contributed by atoms with Crippen molar-refractivity contribution in [2.24, 2.45) is 0 Å². The minimum absolute atomic E-state index is 0.727. The lowest BCUT2D eigenvalue weighted by Crippen LogP contribution is -2.36. The lowest BCUT2D eigenvalue weighted by atomic mass is 9.94. The van der Waals surface area contributed by atoms with E-state index in [-0.39, 0.29) is 0 Å². The van der Waals surface area contributed by atoms with Gasteiger partial charge in [0.1, 0.15) is 5.75 Å². The Kier molecular flexibility index (Phi) is 5.08. The molecule has 0 atom stereocenters. The molecule has 0 radical (unpaired) electrons. The molecule has 0 aliphatic heterocycles. The summed E-state index contributed by atoms with van der Waals surface area (Å²) in [5.74, 6) is 0.948. The molecule has 1 aliphatic rings. The third-order valence-electron chi connectivity index (χ3n) is 4.18. The summed E-state index contributed by atoms with van der Waals surface area (Å²) in [5, 5.41) is 0. The van der Waals surface area contributed by atoms with Crippen LogP contribution in [0.15, 0.2) is 18.2 Å². The first-order chi connectivity index (χ1) is 9.24. The Morgan fingerprint density at radius 1 is 1.26 bits per heavy atom. The van der Waals surface area contributed by atoms with E-state index in [0.29, 0.717) is 0 Å². The van der Waals surface area contributed by atoms with Gasteiger partial charge in [-0.1, -0.05) is 26.2 Å². The van der Waals surface area contributed by atoms with Crippen molar-refractivity contribution in [1.29, 1.82) is 0 Å². The van der Waals surface area contributed by atoms with Crippen molar-refractivity contribution < 1.29 is 4.74 Å². The number of nitrogens with zero attached hydrogens (tertiary/aromatic N) is 1. The molecular formula is C16H26N2O. The fourth-order valence-electron chi connectivity index (χ4n) is 3.09. The average Bonchev–Trinajstić information content (AvgIpc) is 2.46. The Hall–Kier alpha value is -1.22. The highest BCUT2D eigenvalue weighted by Crippen LogP contribution is 2.27. The van der Waals surface area contributed by atoms with E-state index in [1.54, 1.807) is 7.11 Å². The fraction of sp³-hybridized carbons (Fsp3) is 0.625. The Balaban J connectivity index is 2.10. The first-order valence-electron chi connectivity index (χ1n) is 7.41. The topological polar surface area (TPSA) is 38.5 Å². The van der Waals surface area contributed by atoms with Crippen molar-refractivity contribution in [2.45, 2.75) is 51.6 Å². The Morgan fingerprint density at radius 2 is 2.00 bits per heavy atom. The standard InChI is InChI=1S/C16H26N2O/c1-3-18(15-7-5-4-6-8-15)12-13-11-14(17)9-10-16(13)19-2/h9-11,15H,3-8,12,17H2,1-2H3. The minimum atomic E-state index is 0.727. The smallest absolute Gasteiger partial charge is 0.123 e. The number of hydrogen-bond donors (Lipinski definition) is 1. The van der Waals surface area contributed by atoms with Gasteiger partial charge in [-0.15, -0.1) is 0 Å². The highest BCUT2D eigenvalue weighted by atomic mass is 16.5. The van der Waals surface area contributed by atoms with Crippen LogP contribution in [0.4, 0.5) is 5.69 Å². The number of benzene rings is 1. The Morgan fingerprint density at radius 3 is 2.63 bits per heavy atom. The molecule has 1 fully saturated rings. The van der Waals surface area contributed by atoms with Crippen LogP contribution < -0.4 is 10.5 Å². The lowest BCUT2D eigenvalue weighted by molar-refractivity contribution is 0.154. The van der Waals surface area contributed by atoms with Crippen molar-refractivity contribution in [1.82, 2.24) is 4.90 Å². The second kappa shape index (κ2) is 6.80. The number of anilines is 1. The van der Waals surface area contributed by atoms with Crippen LogP contribution in [0.3, 0.4) is 0 Å².